The molecule has 1 aliphatic rings. The highest BCUT2D eigenvalue weighted by molar-refractivity contribution is 5.76. The second-order valence-corrected chi connectivity index (χ2v) is 4.97. The van der Waals surface area contributed by atoms with Crippen LogP contribution in [0.4, 0.5) is 0 Å². The lowest BCUT2D eigenvalue weighted by Gasteiger charge is -2.22. The van der Waals surface area contributed by atoms with Crippen LogP contribution in [0.15, 0.2) is 0 Å². The van der Waals surface area contributed by atoms with E-state index < -0.39 is 0 Å². The molecule has 0 aromatic heterocycles. The van der Waals surface area contributed by atoms with Gasteiger partial charge in [-0.25, -0.2) is 0 Å². The second-order valence-electron chi connectivity index (χ2n) is 4.97. The summed E-state index contributed by atoms with van der Waals surface area (Å²) in [5, 5.41) is 6.32. The Hall–Kier alpha value is -0.570. The molecule has 94 valence electrons. The van der Waals surface area contributed by atoms with Crippen molar-refractivity contribution >= 4 is 5.91 Å². The number of nitrogens with one attached hydrogen (secondary N) is 2. The number of carbonyl (C=O) groups excluding carboxylic acids is 1. The first kappa shape index (κ1) is 13.5. The van der Waals surface area contributed by atoms with E-state index in [1.165, 1.54) is 32.1 Å². The van der Waals surface area contributed by atoms with Gasteiger partial charge in [0.15, 0.2) is 0 Å². The Bertz CT molecular complexity index is 200. The lowest BCUT2D eigenvalue weighted by molar-refractivity contribution is -0.121. The number of carbonyl (C=O) groups is 1. The molecule has 1 fully saturated rings. The Balaban J connectivity index is 2.09. The van der Waals surface area contributed by atoms with Crippen molar-refractivity contribution in [3.63, 3.8) is 0 Å². The van der Waals surface area contributed by atoms with Crippen LogP contribution in [0, 0.1) is 5.92 Å². The predicted octanol–water partition coefficient (Wildman–Crippen LogP) is 2.07. The summed E-state index contributed by atoms with van der Waals surface area (Å²) in [5.74, 6) is 0.922. The predicted molar refractivity (Wildman–Crippen MR) is 67.3 cm³/mol. The number of rotatable bonds is 6. The highest BCUT2D eigenvalue weighted by Crippen LogP contribution is 2.22. The fourth-order valence-corrected chi connectivity index (χ4v) is 2.42. The van der Waals surface area contributed by atoms with E-state index in [4.69, 9.17) is 0 Å². The van der Waals surface area contributed by atoms with Crippen molar-refractivity contribution < 1.29 is 4.79 Å². The number of hydrogen-bond donors (Lipinski definition) is 2. The monoisotopic (exact) mass is 226 g/mol. The normalized spacial score (nSPS) is 19.4. The molecule has 16 heavy (non-hydrogen) atoms. The van der Waals surface area contributed by atoms with Gasteiger partial charge in [0.1, 0.15) is 0 Å². The number of hydrogen-bond acceptors (Lipinski definition) is 2. The molecular weight excluding hydrogens is 200 g/mol. The largest absolute Gasteiger partial charge is 0.356 e. The van der Waals surface area contributed by atoms with Crippen LogP contribution in [-0.2, 0) is 4.79 Å². The smallest absolute Gasteiger partial charge is 0.221 e. The molecule has 1 unspecified atom stereocenters. The molecule has 0 bridgehead atoms. The van der Waals surface area contributed by atoms with Gasteiger partial charge in [-0.3, -0.25) is 4.79 Å². The maximum atomic E-state index is 11.6. The zero-order valence-corrected chi connectivity index (χ0v) is 10.7. The molecule has 3 heteroatoms. The highest BCUT2D eigenvalue weighted by atomic mass is 16.1. The van der Waals surface area contributed by atoms with E-state index >= 15 is 0 Å². The van der Waals surface area contributed by atoms with Gasteiger partial charge in [0.25, 0.3) is 0 Å². The molecule has 0 aromatic carbocycles. The van der Waals surface area contributed by atoms with Crippen LogP contribution in [0.5, 0.6) is 0 Å². The molecule has 1 saturated carbocycles. The first-order chi connectivity index (χ1) is 7.72. The van der Waals surface area contributed by atoms with Crippen molar-refractivity contribution in [3.8, 4) is 0 Å². The van der Waals surface area contributed by atoms with Gasteiger partial charge in [0, 0.05) is 19.0 Å². The van der Waals surface area contributed by atoms with E-state index in [0.29, 0.717) is 6.42 Å². The summed E-state index contributed by atoms with van der Waals surface area (Å²) in [6.45, 7) is 5.94. The molecular formula is C13H26N2O. The van der Waals surface area contributed by atoms with Gasteiger partial charge in [-0.2, -0.15) is 0 Å². The maximum Gasteiger partial charge on any atom is 0.221 e. The van der Waals surface area contributed by atoms with E-state index in [-0.39, 0.29) is 11.9 Å². The van der Waals surface area contributed by atoms with Crippen LogP contribution < -0.4 is 10.6 Å². The van der Waals surface area contributed by atoms with Crippen molar-refractivity contribution in [2.45, 2.75) is 58.4 Å². The van der Waals surface area contributed by atoms with E-state index in [1.807, 2.05) is 0 Å². The Labute approximate surface area is 99.4 Å². The van der Waals surface area contributed by atoms with Crippen molar-refractivity contribution in [2.75, 3.05) is 13.1 Å². The average Bonchev–Trinajstić information content (AvgIpc) is 2.28. The topological polar surface area (TPSA) is 41.1 Å². The van der Waals surface area contributed by atoms with Gasteiger partial charge in [0.2, 0.25) is 5.91 Å². The Morgan fingerprint density at radius 2 is 2.00 bits per heavy atom. The van der Waals surface area contributed by atoms with Gasteiger partial charge < -0.3 is 10.6 Å². The zero-order chi connectivity index (χ0) is 11.8. The van der Waals surface area contributed by atoms with E-state index in [0.717, 1.165) is 19.0 Å². The summed E-state index contributed by atoms with van der Waals surface area (Å²) in [7, 11) is 0. The molecule has 0 spiro atoms. The molecule has 1 amide bonds. The summed E-state index contributed by atoms with van der Waals surface area (Å²) in [5.41, 5.74) is 0. The molecule has 0 saturated heterocycles. The Morgan fingerprint density at radius 3 is 2.62 bits per heavy atom. The number of amides is 1. The average molecular weight is 226 g/mol. The van der Waals surface area contributed by atoms with Crippen LogP contribution in [0.2, 0.25) is 0 Å². The summed E-state index contributed by atoms with van der Waals surface area (Å²) in [6.07, 6.45) is 7.25. The van der Waals surface area contributed by atoms with Crippen LogP contribution in [0.1, 0.15) is 52.4 Å². The van der Waals surface area contributed by atoms with E-state index in [2.05, 4.69) is 24.5 Å². The molecule has 1 rings (SSSR count). The van der Waals surface area contributed by atoms with Crippen LogP contribution in [0.25, 0.3) is 0 Å². The minimum atomic E-state index is 0.194. The van der Waals surface area contributed by atoms with Gasteiger partial charge in [-0.15, -0.1) is 0 Å². The van der Waals surface area contributed by atoms with Crippen molar-refractivity contribution in [2.24, 2.45) is 5.92 Å². The van der Waals surface area contributed by atoms with Crippen molar-refractivity contribution in [3.05, 3.63) is 0 Å². The highest BCUT2D eigenvalue weighted by Gasteiger charge is 2.14. The quantitative estimate of drug-likeness (QED) is 0.728. The van der Waals surface area contributed by atoms with Gasteiger partial charge in [0.05, 0.1) is 0 Å². The third kappa shape index (κ3) is 5.50. The van der Waals surface area contributed by atoms with Crippen molar-refractivity contribution in [1.29, 1.82) is 0 Å². The SMILES string of the molecule is CCNC(C)CC(=O)NCC1CCCCC1. The van der Waals surface area contributed by atoms with Gasteiger partial charge in [-0.1, -0.05) is 26.2 Å². The third-order valence-corrected chi connectivity index (χ3v) is 3.36. The summed E-state index contributed by atoms with van der Waals surface area (Å²) >= 11 is 0. The molecule has 0 aliphatic heterocycles. The van der Waals surface area contributed by atoms with Crippen molar-refractivity contribution in [1.82, 2.24) is 10.6 Å². The minimum absolute atomic E-state index is 0.194. The minimum Gasteiger partial charge on any atom is -0.356 e. The molecule has 0 radical (unpaired) electrons. The molecule has 2 N–H and O–H groups in total. The van der Waals surface area contributed by atoms with E-state index in [9.17, 15) is 4.79 Å². The van der Waals surface area contributed by atoms with Crippen LogP contribution >= 0.6 is 0 Å². The third-order valence-electron chi connectivity index (χ3n) is 3.36. The maximum absolute atomic E-state index is 11.6. The van der Waals surface area contributed by atoms with Gasteiger partial charge in [-0.05, 0) is 32.2 Å². The molecule has 0 aromatic rings. The lowest BCUT2D eigenvalue weighted by Crippen LogP contribution is -2.36. The summed E-state index contributed by atoms with van der Waals surface area (Å²) in [6, 6.07) is 0.288. The fraction of sp³-hybridized carbons (Fsp3) is 0.923. The molecule has 3 nitrogen and oxygen atoms in total. The zero-order valence-electron chi connectivity index (χ0n) is 10.7. The van der Waals surface area contributed by atoms with Crippen LogP contribution in [0.3, 0.4) is 0 Å². The van der Waals surface area contributed by atoms with Gasteiger partial charge >= 0.3 is 0 Å². The first-order valence-electron chi connectivity index (χ1n) is 6.72. The Kier molecular flexibility index (Phi) is 6.46. The molecule has 1 aliphatic carbocycles. The summed E-state index contributed by atoms with van der Waals surface area (Å²) in [4.78, 5) is 11.6. The lowest BCUT2D eigenvalue weighted by atomic mass is 9.89. The second kappa shape index (κ2) is 7.66. The molecule has 0 heterocycles. The van der Waals surface area contributed by atoms with E-state index in [1.54, 1.807) is 0 Å². The molecule has 1 atom stereocenters. The van der Waals surface area contributed by atoms with Crippen LogP contribution in [-0.4, -0.2) is 25.0 Å². The first-order valence-corrected chi connectivity index (χ1v) is 6.72. The standard InChI is InChI=1S/C13H26N2O/c1-3-14-11(2)9-13(16)15-10-12-7-5-4-6-8-12/h11-12,14H,3-10H2,1-2H3,(H,15,16). The summed E-state index contributed by atoms with van der Waals surface area (Å²) < 4.78 is 0. The fourth-order valence-electron chi connectivity index (χ4n) is 2.42. The Morgan fingerprint density at radius 1 is 1.31 bits per heavy atom.